The molecule has 146 valence electrons. The zero-order chi connectivity index (χ0) is 18.8. The Hall–Kier alpha value is -1.06. The van der Waals surface area contributed by atoms with E-state index in [-0.39, 0.29) is 0 Å². The standard InChI is InChI=1S/C14H20.C8H14O4/c1-7-2-12-10-4-8-5-11(9(1)10)13(3-7)14(12)6-8;1-5(6(9)10)7(11)12-8(2,3)4/h7-14H,1-6H2;5H,1-4H3,(H,9,10). The normalized spacial score (nSPS) is 45.1. The van der Waals surface area contributed by atoms with Crippen LogP contribution < -0.4 is 0 Å². The van der Waals surface area contributed by atoms with Crippen LogP contribution in [0.5, 0.6) is 0 Å². The van der Waals surface area contributed by atoms with Gasteiger partial charge in [-0.1, -0.05) is 0 Å². The molecule has 0 spiro atoms. The van der Waals surface area contributed by atoms with Crippen LogP contribution in [0.2, 0.25) is 0 Å². The number of carboxylic acid groups (broad SMARTS) is 1. The Labute approximate surface area is 157 Å². The summed E-state index contributed by atoms with van der Waals surface area (Å²) >= 11 is 0. The fourth-order valence-electron chi connectivity index (χ4n) is 7.38. The van der Waals surface area contributed by atoms with E-state index in [4.69, 9.17) is 9.84 Å². The minimum atomic E-state index is -1.16. The maximum Gasteiger partial charge on any atom is 0.320 e. The van der Waals surface area contributed by atoms with Crippen LogP contribution in [0.15, 0.2) is 0 Å². The van der Waals surface area contributed by atoms with Crippen molar-refractivity contribution in [2.24, 2.45) is 53.3 Å². The van der Waals surface area contributed by atoms with E-state index in [9.17, 15) is 9.59 Å². The van der Waals surface area contributed by atoms with Gasteiger partial charge in [0.05, 0.1) is 0 Å². The van der Waals surface area contributed by atoms with E-state index in [0.29, 0.717) is 0 Å². The summed E-state index contributed by atoms with van der Waals surface area (Å²) in [5, 5.41) is 8.45. The lowest BCUT2D eigenvalue weighted by atomic mass is 9.36. The summed E-state index contributed by atoms with van der Waals surface area (Å²) in [6, 6.07) is 0. The highest BCUT2D eigenvalue weighted by atomic mass is 16.6. The van der Waals surface area contributed by atoms with Gasteiger partial charge in [0.15, 0.2) is 5.92 Å². The van der Waals surface area contributed by atoms with Gasteiger partial charge in [-0.15, -0.1) is 0 Å². The highest BCUT2D eigenvalue weighted by Crippen LogP contribution is 2.71. The number of ether oxygens (including phenoxy) is 1. The van der Waals surface area contributed by atoms with E-state index in [0.717, 1.165) is 0 Å². The van der Waals surface area contributed by atoms with E-state index >= 15 is 0 Å². The highest BCUT2D eigenvalue weighted by molar-refractivity contribution is 5.93. The molecule has 7 aliphatic carbocycles. The topological polar surface area (TPSA) is 63.6 Å². The molecule has 7 aliphatic rings. The first kappa shape index (κ1) is 18.3. The van der Waals surface area contributed by atoms with Gasteiger partial charge < -0.3 is 9.84 Å². The second-order valence-electron chi connectivity index (χ2n) is 10.7. The Balaban J connectivity index is 0.000000133. The average Bonchev–Trinajstić information content (AvgIpc) is 2.57. The molecule has 0 heterocycles. The fraction of sp³-hybridized carbons (Fsp3) is 0.909. The number of rotatable bonds is 2. The van der Waals surface area contributed by atoms with Gasteiger partial charge >= 0.3 is 11.9 Å². The van der Waals surface area contributed by atoms with E-state index in [2.05, 4.69) is 0 Å². The van der Waals surface area contributed by atoms with Crippen molar-refractivity contribution in [3.05, 3.63) is 0 Å². The lowest BCUT2D eigenvalue weighted by Crippen LogP contribution is -2.62. The SMILES string of the molecule is C1C2CC3C4CC5CC(C14)C(C2)C3C5.CC(C(=O)O)C(=O)OC(C)(C)C. The molecule has 1 N–H and O–H groups in total. The molecule has 0 aromatic rings. The predicted octanol–water partition coefficient (Wildman–Crippen LogP) is 4.37. The highest BCUT2D eigenvalue weighted by Gasteiger charge is 2.63. The van der Waals surface area contributed by atoms with Crippen molar-refractivity contribution in [3.63, 3.8) is 0 Å². The molecule has 0 aromatic carbocycles. The number of carbonyl (C=O) groups excluding carboxylic acids is 1. The fourth-order valence-corrected chi connectivity index (χ4v) is 7.38. The number of carboxylic acids is 1. The zero-order valence-electron chi connectivity index (χ0n) is 16.6. The van der Waals surface area contributed by atoms with Gasteiger partial charge in [0.25, 0.3) is 0 Å². The van der Waals surface area contributed by atoms with Crippen LogP contribution in [-0.4, -0.2) is 22.6 Å². The second-order valence-corrected chi connectivity index (χ2v) is 10.7. The molecule has 0 radical (unpaired) electrons. The summed E-state index contributed by atoms with van der Waals surface area (Å²) in [6.45, 7) is 6.38. The minimum absolute atomic E-state index is 0.624. The third-order valence-corrected chi connectivity index (χ3v) is 8.06. The molecule has 1 unspecified atom stereocenters. The Morgan fingerprint density at radius 2 is 1.12 bits per heavy atom. The van der Waals surface area contributed by atoms with Crippen molar-refractivity contribution in [1.29, 1.82) is 0 Å². The number of carbonyl (C=O) groups is 2. The van der Waals surface area contributed by atoms with Crippen molar-refractivity contribution in [3.8, 4) is 0 Å². The molecule has 0 aliphatic heterocycles. The lowest BCUT2D eigenvalue weighted by Gasteiger charge is -2.69. The molecular formula is C22H34O4. The molecule has 7 fully saturated rings. The number of hydrogen-bond donors (Lipinski definition) is 1. The number of esters is 1. The average molecular weight is 363 g/mol. The summed E-state index contributed by atoms with van der Waals surface area (Å²) in [7, 11) is 0. The van der Waals surface area contributed by atoms with Crippen molar-refractivity contribution in [1.82, 2.24) is 0 Å². The van der Waals surface area contributed by atoms with E-state index in [1.54, 1.807) is 59.3 Å². The first-order valence-corrected chi connectivity index (χ1v) is 10.6. The van der Waals surface area contributed by atoms with Crippen molar-refractivity contribution in [2.75, 3.05) is 0 Å². The Morgan fingerprint density at radius 3 is 1.35 bits per heavy atom. The summed E-state index contributed by atoms with van der Waals surface area (Å²) < 4.78 is 4.84. The number of aliphatic carboxylic acids is 1. The smallest absolute Gasteiger partial charge is 0.320 e. The zero-order valence-corrected chi connectivity index (χ0v) is 16.6. The van der Waals surface area contributed by atoms with Crippen LogP contribution in [-0.2, 0) is 14.3 Å². The van der Waals surface area contributed by atoms with Crippen LogP contribution in [0.1, 0.15) is 66.2 Å². The maximum absolute atomic E-state index is 11.0. The van der Waals surface area contributed by atoms with E-state index in [1.165, 1.54) is 54.3 Å². The molecule has 0 saturated heterocycles. The van der Waals surface area contributed by atoms with E-state index in [1.807, 2.05) is 0 Å². The van der Waals surface area contributed by atoms with Gasteiger partial charge in [-0.3, -0.25) is 9.59 Å². The van der Waals surface area contributed by atoms with Gasteiger partial charge in [0.1, 0.15) is 5.60 Å². The van der Waals surface area contributed by atoms with Gasteiger partial charge in [0, 0.05) is 0 Å². The molecule has 1 atom stereocenters. The summed E-state index contributed by atoms with van der Waals surface area (Å²) in [6.07, 6.45) is 9.93. The molecule has 4 heteroatoms. The molecule has 8 bridgehead atoms. The minimum Gasteiger partial charge on any atom is -0.481 e. The quantitative estimate of drug-likeness (QED) is 0.585. The largest absolute Gasteiger partial charge is 0.481 e. The molecule has 7 saturated carbocycles. The lowest BCUT2D eigenvalue weighted by molar-refractivity contribution is -0.202. The van der Waals surface area contributed by atoms with Crippen molar-refractivity contribution in [2.45, 2.75) is 71.8 Å². The Kier molecular flexibility index (Phi) is 4.39. The summed E-state index contributed by atoms with van der Waals surface area (Å²) in [4.78, 5) is 21.3. The van der Waals surface area contributed by atoms with Gasteiger partial charge in [-0.05, 0) is 114 Å². The second kappa shape index (κ2) is 6.24. The molecular weight excluding hydrogens is 328 g/mol. The van der Waals surface area contributed by atoms with Gasteiger partial charge in [0.2, 0.25) is 0 Å². The monoisotopic (exact) mass is 362 g/mol. The number of hydrogen-bond acceptors (Lipinski definition) is 3. The van der Waals surface area contributed by atoms with Crippen LogP contribution in [0, 0.1) is 53.3 Å². The first-order valence-electron chi connectivity index (χ1n) is 10.6. The Morgan fingerprint density at radius 1 is 0.808 bits per heavy atom. The molecule has 7 rings (SSSR count). The molecule has 0 aromatic heterocycles. The van der Waals surface area contributed by atoms with Crippen LogP contribution in [0.25, 0.3) is 0 Å². The third-order valence-electron chi connectivity index (χ3n) is 8.06. The maximum atomic E-state index is 11.0. The van der Waals surface area contributed by atoms with Gasteiger partial charge in [-0.2, -0.15) is 0 Å². The molecule has 0 amide bonds. The molecule has 4 nitrogen and oxygen atoms in total. The summed E-state index contributed by atoms with van der Waals surface area (Å²) in [5.74, 6) is 6.78. The molecule has 26 heavy (non-hydrogen) atoms. The van der Waals surface area contributed by atoms with Crippen molar-refractivity contribution >= 4 is 11.9 Å². The van der Waals surface area contributed by atoms with E-state index < -0.39 is 23.5 Å². The Bertz CT molecular complexity index is 502. The van der Waals surface area contributed by atoms with Gasteiger partial charge in [-0.25, -0.2) is 0 Å². The third kappa shape index (κ3) is 3.07. The van der Waals surface area contributed by atoms with Crippen molar-refractivity contribution < 1.29 is 19.4 Å². The van der Waals surface area contributed by atoms with Crippen LogP contribution in [0.3, 0.4) is 0 Å². The first-order chi connectivity index (χ1) is 12.1. The van der Waals surface area contributed by atoms with Crippen LogP contribution in [0.4, 0.5) is 0 Å². The summed E-state index contributed by atoms with van der Waals surface area (Å²) in [5.41, 5.74) is -0.624. The predicted molar refractivity (Wildman–Crippen MR) is 98.3 cm³/mol. The van der Waals surface area contributed by atoms with Crippen LogP contribution >= 0.6 is 0 Å².